The largest absolute Gasteiger partial charge is 0.367 e. The average molecular weight is 216 g/mol. The van der Waals surface area contributed by atoms with Crippen molar-refractivity contribution in [2.24, 2.45) is 11.7 Å². The third kappa shape index (κ3) is 2.31. The lowest BCUT2D eigenvalue weighted by Gasteiger charge is -2.13. The molecule has 3 N–H and O–H groups in total. The Kier molecular flexibility index (Phi) is 3.07. The van der Waals surface area contributed by atoms with E-state index >= 15 is 0 Å². The van der Waals surface area contributed by atoms with Crippen LogP contribution in [0.1, 0.15) is 24.0 Å². The summed E-state index contributed by atoms with van der Waals surface area (Å²) >= 11 is 0. The molecular weight excluding hydrogens is 200 g/mol. The van der Waals surface area contributed by atoms with E-state index in [0.717, 1.165) is 5.56 Å². The summed E-state index contributed by atoms with van der Waals surface area (Å²) in [5, 5.41) is 12.2. The van der Waals surface area contributed by atoms with E-state index in [0.29, 0.717) is 23.8 Å². The van der Waals surface area contributed by atoms with Crippen LogP contribution in [0.3, 0.4) is 0 Å². The topological polar surface area (TPSA) is 74.7 Å². The van der Waals surface area contributed by atoms with Gasteiger partial charge in [0.05, 0.1) is 5.56 Å². The van der Waals surface area contributed by atoms with Gasteiger partial charge >= 0.3 is 0 Å². The molecule has 1 heterocycles. The Hall–Kier alpha value is -1.60. The highest BCUT2D eigenvalue weighted by molar-refractivity contribution is 5.55. The number of nitrogens with two attached hydrogens (primary N) is 1. The smallest absolute Gasteiger partial charge is 0.144 e. The first-order valence-electron chi connectivity index (χ1n) is 5.57. The Morgan fingerprint density at radius 3 is 3.06 bits per heavy atom. The predicted octanol–water partition coefficient (Wildman–Crippen LogP) is 1.41. The second kappa shape index (κ2) is 4.50. The monoisotopic (exact) mass is 216 g/mol. The Labute approximate surface area is 95.5 Å². The van der Waals surface area contributed by atoms with Gasteiger partial charge in [0.15, 0.2) is 0 Å². The molecule has 0 saturated heterocycles. The van der Waals surface area contributed by atoms with Crippen LogP contribution in [0.5, 0.6) is 0 Å². The molecule has 2 rings (SSSR count). The molecule has 1 aliphatic carbocycles. The number of nitrogens with zero attached hydrogens (tertiary/aromatic N) is 2. The van der Waals surface area contributed by atoms with Gasteiger partial charge in [-0.3, -0.25) is 0 Å². The molecular formula is C12H16N4. The van der Waals surface area contributed by atoms with E-state index in [9.17, 15) is 0 Å². The van der Waals surface area contributed by atoms with Gasteiger partial charge in [0.2, 0.25) is 0 Å². The number of nitrogens with one attached hydrogen (secondary N) is 1. The highest BCUT2D eigenvalue weighted by atomic mass is 15.0. The van der Waals surface area contributed by atoms with Crippen molar-refractivity contribution in [3.05, 3.63) is 23.4 Å². The summed E-state index contributed by atoms with van der Waals surface area (Å²) in [5.41, 5.74) is 7.54. The lowest BCUT2D eigenvalue weighted by molar-refractivity contribution is 0.620. The standard InChI is InChI=1S/C12H16N4/c1-8-4-5-15-12(10(8)6-13)16-7-11(14)9-2-3-9/h4-5,9,11H,2-3,7,14H2,1H3,(H,15,16). The van der Waals surface area contributed by atoms with E-state index < -0.39 is 0 Å². The number of rotatable bonds is 4. The molecule has 4 heteroatoms. The number of anilines is 1. The van der Waals surface area contributed by atoms with Crippen LogP contribution < -0.4 is 11.1 Å². The molecule has 1 saturated carbocycles. The molecule has 0 amide bonds. The van der Waals surface area contributed by atoms with Crippen molar-refractivity contribution in [2.75, 3.05) is 11.9 Å². The molecule has 1 aromatic heterocycles. The summed E-state index contributed by atoms with van der Waals surface area (Å²) in [4.78, 5) is 4.17. The predicted molar refractivity (Wildman–Crippen MR) is 62.9 cm³/mol. The maximum Gasteiger partial charge on any atom is 0.144 e. The van der Waals surface area contributed by atoms with E-state index in [1.54, 1.807) is 6.20 Å². The Bertz CT molecular complexity index is 418. The minimum atomic E-state index is 0.175. The van der Waals surface area contributed by atoms with Gasteiger partial charge in [-0.25, -0.2) is 4.98 Å². The molecule has 1 fully saturated rings. The molecule has 1 aromatic rings. The Balaban J connectivity index is 2.03. The number of pyridine rings is 1. The van der Waals surface area contributed by atoms with Crippen molar-refractivity contribution in [2.45, 2.75) is 25.8 Å². The first kappa shape index (κ1) is 10.9. The minimum absolute atomic E-state index is 0.175. The van der Waals surface area contributed by atoms with Gasteiger partial charge in [-0.15, -0.1) is 0 Å². The SMILES string of the molecule is Cc1ccnc(NCC(N)C2CC2)c1C#N. The molecule has 1 atom stereocenters. The van der Waals surface area contributed by atoms with E-state index in [1.165, 1.54) is 12.8 Å². The van der Waals surface area contributed by atoms with Crippen LogP contribution in [0.4, 0.5) is 5.82 Å². The first-order valence-corrected chi connectivity index (χ1v) is 5.57. The van der Waals surface area contributed by atoms with Crippen molar-refractivity contribution in [3.8, 4) is 6.07 Å². The summed E-state index contributed by atoms with van der Waals surface area (Å²) in [5.74, 6) is 1.31. The summed E-state index contributed by atoms with van der Waals surface area (Å²) in [6.07, 6.45) is 4.17. The third-order valence-electron chi connectivity index (χ3n) is 3.00. The number of hydrogen-bond acceptors (Lipinski definition) is 4. The summed E-state index contributed by atoms with van der Waals surface area (Å²) in [6.45, 7) is 2.60. The highest BCUT2D eigenvalue weighted by Gasteiger charge is 2.28. The zero-order valence-corrected chi connectivity index (χ0v) is 9.40. The molecule has 1 unspecified atom stereocenters. The average Bonchev–Trinajstić information content (AvgIpc) is 3.09. The van der Waals surface area contributed by atoms with E-state index in [1.807, 2.05) is 13.0 Å². The highest BCUT2D eigenvalue weighted by Crippen LogP contribution is 2.31. The van der Waals surface area contributed by atoms with Gasteiger partial charge in [-0.05, 0) is 37.3 Å². The molecule has 0 spiro atoms. The molecule has 0 bridgehead atoms. The number of aromatic nitrogens is 1. The van der Waals surface area contributed by atoms with Crippen molar-refractivity contribution >= 4 is 5.82 Å². The van der Waals surface area contributed by atoms with Crippen LogP contribution in [-0.4, -0.2) is 17.6 Å². The number of hydrogen-bond donors (Lipinski definition) is 2. The molecule has 0 aliphatic heterocycles. The second-order valence-corrected chi connectivity index (χ2v) is 4.35. The molecule has 1 aliphatic rings. The molecule has 0 aromatic carbocycles. The fraction of sp³-hybridized carbons (Fsp3) is 0.500. The van der Waals surface area contributed by atoms with Crippen LogP contribution in [0.2, 0.25) is 0 Å². The lowest BCUT2D eigenvalue weighted by Crippen LogP contribution is -2.31. The quantitative estimate of drug-likeness (QED) is 0.798. The maximum absolute atomic E-state index is 9.02. The fourth-order valence-corrected chi connectivity index (χ4v) is 1.74. The summed E-state index contributed by atoms with van der Waals surface area (Å²) < 4.78 is 0. The zero-order chi connectivity index (χ0) is 11.5. The maximum atomic E-state index is 9.02. The fourth-order valence-electron chi connectivity index (χ4n) is 1.74. The van der Waals surface area contributed by atoms with Gasteiger partial charge < -0.3 is 11.1 Å². The van der Waals surface area contributed by atoms with Crippen LogP contribution >= 0.6 is 0 Å². The summed E-state index contributed by atoms with van der Waals surface area (Å²) in [6, 6.07) is 4.18. The van der Waals surface area contributed by atoms with Gasteiger partial charge in [0.1, 0.15) is 11.9 Å². The number of nitriles is 1. The van der Waals surface area contributed by atoms with Gasteiger partial charge in [-0.2, -0.15) is 5.26 Å². The molecule has 84 valence electrons. The Morgan fingerprint density at radius 1 is 1.69 bits per heavy atom. The normalized spacial score (nSPS) is 16.6. The van der Waals surface area contributed by atoms with Crippen molar-refractivity contribution < 1.29 is 0 Å². The van der Waals surface area contributed by atoms with Crippen LogP contribution in [0.15, 0.2) is 12.3 Å². The molecule has 0 radical (unpaired) electrons. The van der Waals surface area contributed by atoms with E-state index in [4.69, 9.17) is 11.0 Å². The van der Waals surface area contributed by atoms with Gasteiger partial charge in [-0.1, -0.05) is 0 Å². The summed E-state index contributed by atoms with van der Waals surface area (Å²) in [7, 11) is 0. The third-order valence-corrected chi connectivity index (χ3v) is 3.00. The van der Waals surface area contributed by atoms with Crippen LogP contribution in [0, 0.1) is 24.2 Å². The molecule has 16 heavy (non-hydrogen) atoms. The van der Waals surface area contributed by atoms with E-state index in [2.05, 4.69) is 16.4 Å². The first-order chi connectivity index (χ1) is 7.72. The van der Waals surface area contributed by atoms with Crippen molar-refractivity contribution in [1.29, 1.82) is 5.26 Å². The van der Waals surface area contributed by atoms with Crippen molar-refractivity contribution in [1.82, 2.24) is 4.98 Å². The van der Waals surface area contributed by atoms with Crippen LogP contribution in [-0.2, 0) is 0 Å². The van der Waals surface area contributed by atoms with Crippen LogP contribution in [0.25, 0.3) is 0 Å². The molecule has 4 nitrogen and oxygen atoms in total. The van der Waals surface area contributed by atoms with Gasteiger partial charge in [0, 0.05) is 18.8 Å². The minimum Gasteiger partial charge on any atom is -0.367 e. The zero-order valence-electron chi connectivity index (χ0n) is 9.40. The van der Waals surface area contributed by atoms with Gasteiger partial charge in [0.25, 0.3) is 0 Å². The second-order valence-electron chi connectivity index (χ2n) is 4.35. The van der Waals surface area contributed by atoms with E-state index in [-0.39, 0.29) is 6.04 Å². The van der Waals surface area contributed by atoms with Crippen molar-refractivity contribution in [3.63, 3.8) is 0 Å². The lowest BCUT2D eigenvalue weighted by atomic mass is 10.1. The Morgan fingerprint density at radius 2 is 2.44 bits per heavy atom. The number of aryl methyl sites for hydroxylation is 1.